The van der Waals surface area contributed by atoms with Crippen LogP contribution in [0.15, 0.2) is 18.2 Å². The van der Waals surface area contributed by atoms with Crippen molar-refractivity contribution < 1.29 is 14.3 Å². The van der Waals surface area contributed by atoms with Gasteiger partial charge in [0.15, 0.2) is 0 Å². The molecule has 24 heavy (non-hydrogen) atoms. The molecule has 1 aromatic carbocycles. The molecule has 1 aromatic rings. The molecule has 2 aliphatic carbocycles. The number of hydrogen-bond donors (Lipinski definition) is 1. The van der Waals surface area contributed by atoms with Crippen molar-refractivity contribution >= 4 is 11.8 Å². The van der Waals surface area contributed by atoms with E-state index < -0.39 is 5.41 Å². The van der Waals surface area contributed by atoms with Gasteiger partial charge in [-0.05, 0) is 66.7 Å². The van der Waals surface area contributed by atoms with Gasteiger partial charge in [0.25, 0.3) is 0 Å². The number of ether oxygens (including phenoxy) is 1. The zero-order chi connectivity index (χ0) is 17.1. The quantitative estimate of drug-likeness (QED) is 0.488. The molecule has 4 atom stereocenters. The Kier molecular flexibility index (Phi) is 3.46. The number of carbonyl (C=O) groups is 2. The summed E-state index contributed by atoms with van der Waals surface area (Å²) in [5, 5.41) is 0.860. The third-order valence-corrected chi connectivity index (χ3v) is 6.69. The first kappa shape index (κ1) is 15.6. The van der Waals surface area contributed by atoms with Crippen LogP contribution in [0.1, 0.15) is 49.7 Å². The number of nitrogens with two attached hydrogens (primary N) is 1. The summed E-state index contributed by atoms with van der Waals surface area (Å²) < 4.78 is 5.35. The summed E-state index contributed by atoms with van der Waals surface area (Å²) in [4.78, 5) is 24.8. The lowest BCUT2D eigenvalue weighted by atomic mass is 9.52. The van der Waals surface area contributed by atoms with Crippen molar-refractivity contribution in [2.24, 2.45) is 23.1 Å². The predicted molar refractivity (Wildman–Crippen MR) is 89.0 cm³/mol. The minimum atomic E-state index is -0.492. The van der Waals surface area contributed by atoms with Crippen LogP contribution < -0.4 is 10.6 Å². The Morgan fingerprint density at radius 2 is 2.08 bits per heavy atom. The van der Waals surface area contributed by atoms with Gasteiger partial charge < -0.3 is 4.74 Å². The van der Waals surface area contributed by atoms with Crippen LogP contribution in [0.4, 0.5) is 0 Å². The molecule has 128 valence electrons. The van der Waals surface area contributed by atoms with Crippen molar-refractivity contribution in [3.8, 4) is 5.75 Å². The average Bonchev–Trinajstić information content (AvgIpc) is 2.60. The first-order valence-corrected chi connectivity index (χ1v) is 8.74. The molecule has 2 N–H and O–H groups in total. The Hall–Kier alpha value is -1.88. The summed E-state index contributed by atoms with van der Waals surface area (Å²) in [6.07, 6.45) is 4.17. The Balaban J connectivity index is 1.70. The van der Waals surface area contributed by atoms with Gasteiger partial charge >= 0.3 is 0 Å². The third kappa shape index (κ3) is 2.04. The van der Waals surface area contributed by atoms with Crippen LogP contribution in [0, 0.1) is 17.3 Å². The molecular weight excluding hydrogens is 304 g/mol. The van der Waals surface area contributed by atoms with Crippen molar-refractivity contribution in [3.05, 3.63) is 29.3 Å². The van der Waals surface area contributed by atoms with Crippen molar-refractivity contribution in [3.63, 3.8) is 0 Å². The smallest absolute Gasteiger partial charge is 0.249 e. The maximum absolute atomic E-state index is 12.7. The fourth-order valence-electron chi connectivity index (χ4n) is 5.32. The van der Waals surface area contributed by atoms with Crippen LogP contribution in [-0.2, 0) is 16.0 Å². The van der Waals surface area contributed by atoms with E-state index in [-0.39, 0.29) is 17.7 Å². The van der Waals surface area contributed by atoms with E-state index in [0.29, 0.717) is 18.3 Å². The highest BCUT2D eigenvalue weighted by Crippen LogP contribution is 2.57. The molecule has 0 aromatic heterocycles. The number of carbonyl (C=O) groups excluding carboxylic acids is 2. The number of aryl methyl sites for hydroxylation is 1. The normalized spacial score (nSPS) is 35.1. The largest absolute Gasteiger partial charge is 0.497 e. The molecule has 4 unspecified atom stereocenters. The maximum atomic E-state index is 12.7. The molecular formula is C19H24N2O3. The number of piperidine rings is 1. The molecule has 0 bridgehead atoms. The Labute approximate surface area is 142 Å². The lowest BCUT2D eigenvalue weighted by molar-refractivity contribution is -0.168. The summed E-state index contributed by atoms with van der Waals surface area (Å²) in [5.74, 6) is 7.10. The first-order chi connectivity index (χ1) is 11.5. The molecule has 1 saturated carbocycles. The molecule has 2 fully saturated rings. The summed E-state index contributed by atoms with van der Waals surface area (Å²) in [7, 11) is 1.69. The van der Waals surface area contributed by atoms with Gasteiger partial charge in [0, 0.05) is 6.42 Å². The average molecular weight is 328 g/mol. The van der Waals surface area contributed by atoms with Crippen LogP contribution >= 0.6 is 0 Å². The van der Waals surface area contributed by atoms with Gasteiger partial charge in [-0.1, -0.05) is 13.0 Å². The van der Waals surface area contributed by atoms with Gasteiger partial charge in [-0.2, -0.15) is 0 Å². The molecule has 5 heteroatoms. The minimum Gasteiger partial charge on any atom is -0.497 e. The van der Waals surface area contributed by atoms with Crippen LogP contribution in [0.3, 0.4) is 0 Å². The van der Waals surface area contributed by atoms with Crippen molar-refractivity contribution in [2.75, 3.05) is 7.11 Å². The number of methoxy groups -OCH3 is 1. The zero-order valence-electron chi connectivity index (χ0n) is 14.2. The number of imide groups is 1. The predicted octanol–water partition coefficient (Wildman–Crippen LogP) is 2.39. The third-order valence-electron chi connectivity index (χ3n) is 6.69. The lowest BCUT2D eigenvalue weighted by Crippen LogP contribution is -2.61. The molecule has 1 aliphatic heterocycles. The van der Waals surface area contributed by atoms with Crippen LogP contribution in [0.5, 0.6) is 5.75 Å². The summed E-state index contributed by atoms with van der Waals surface area (Å²) in [6.45, 7) is 2.01. The van der Waals surface area contributed by atoms with E-state index in [1.54, 1.807) is 7.11 Å². The van der Waals surface area contributed by atoms with Crippen LogP contribution in [0.25, 0.3) is 0 Å². The SMILES string of the molecule is COc1ccc2c(c1)CCC1C2CCC2(C)C(=O)N(N)C(=O)CC12. The second-order valence-corrected chi connectivity index (χ2v) is 7.71. The Morgan fingerprint density at radius 3 is 2.83 bits per heavy atom. The van der Waals surface area contributed by atoms with E-state index in [4.69, 9.17) is 10.6 Å². The van der Waals surface area contributed by atoms with Crippen LogP contribution in [-0.4, -0.2) is 23.9 Å². The number of hydrogen-bond acceptors (Lipinski definition) is 4. The molecule has 5 nitrogen and oxygen atoms in total. The highest BCUT2D eigenvalue weighted by molar-refractivity contribution is 6.00. The number of fused-ring (bicyclic) bond motifs is 5. The highest BCUT2D eigenvalue weighted by Gasteiger charge is 2.56. The first-order valence-electron chi connectivity index (χ1n) is 8.74. The summed E-state index contributed by atoms with van der Waals surface area (Å²) in [5.41, 5.74) is 2.24. The fraction of sp³-hybridized carbons (Fsp3) is 0.579. The van der Waals surface area contributed by atoms with Gasteiger partial charge in [0.2, 0.25) is 11.8 Å². The zero-order valence-corrected chi connectivity index (χ0v) is 14.2. The van der Waals surface area contributed by atoms with Crippen LogP contribution in [0.2, 0.25) is 0 Å². The van der Waals surface area contributed by atoms with E-state index in [1.807, 2.05) is 13.0 Å². The number of benzene rings is 1. The topological polar surface area (TPSA) is 72.6 Å². The standard InChI is InChI=1S/C19H24N2O3/c1-19-8-7-14-13-6-4-12(24-2)9-11(13)3-5-15(14)16(19)10-17(22)21(20)18(19)23/h4,6,9,14-16H,3,5,7-8,10,20H2,1-2H3. The van der Waals surface area contributed by atoms with Gasteiger partial charge in [-0.3, -0.25) is 9.59 Å². The van der Waals surface area contributed by atoms with E-state index in [9.17, 15) is 9.59 Å². The molecule has 3 aliphatic rings. The fourth-order valence-corrected chi connectivity index (χ4v) is 5.32. The number of amides is 2. The number of hydrazine groups is 1. The van der Waals surface area contributed by atoms with Gasteiger partial charge in [-0.15, -0.1) is 0 Å². The Morgan fingerprint density at radius 1 is 1.29 bits per heavy atom. The number of rotatable bonds is 1. The lowest BCUT2D eigenvalue weighted by Gasteiger charge is -2.53. The van der Waals surface area contributed by atoms with E-state index in [0.717, 1.165) is 36.4 Å². The van der Waals surface area contributed by atoms with E-state index in [2.05, 4.69) is 12.1 Å². The van der Waals surface area contributed by atoms with Gasteiger partial charge in [0.1, 0.15) is 5.75 Å². The van der Waals surface area contributed by atoms with E-state index >= 15 is 0 Å². The maximum Gasteiger partial charge on any atom is 0.249 e. The molecule has 1 heterocycles. The molecule has 0 spiro atoms. The second kappa shape index (κ2) is 5.31. The molecule has 1 saturated heterocycles. The van der Waals surface area contributed by atoms with Crippen molar-refractivity contribution in [1.29, 1.82) is 0 Å². The van der Waals surface area contributed by atoms with Gasteiger partial charge in [0.05, 0.1) is 12.5 Å². The molecule has 4 rings (SSSR count). The second-order valence-electron chi connectivity index (χ2n) is 7.71. The molecule has 0 radical (unpaired) electrons. The number of nitrogens with zero attached hydrogens (tertiary/aromatic N) is 1. The summed E-state index contributed by atoms with van der Waals surface area (Å²) >= 11 is 0. The van der Waals surface area contributed by atoms with Crippen molar-refractivity contribution in [2.45, 2.75) is 44.9 Å². The molecule has 2 amide bonds. The van der Waals surface area contributed by atoms with Crippen molar-refractivity contribution in [1.82, 2.24) is 5.01 Å². The van der Waals surface area contributed by atoms with E-state index in [1.165, 1.54) is 11.1 Å². The monoisotopic (exact) mass is 328 g/mol. The minimum absolute atomic E-state index is 0.103. The summed E-state index contributed by atoms with van der Waals surface area (Å²) in [6, 6.07) is 6.33. The Bertz CT molecular complexity index is 717. The van der Waals surface area contributed by atoms with Gasteiger partial charge in [-0.25, -0.2) is 10.9 Å². The highest BCUT2D eigenvalue weighted by atomic mass is 16.5.